The summed E-state index contributed by atoms with van der Waals surface area (Å²) in [5, 5.41) is 1.43. The number of ether oxygens (including phenoxy) is 1. The van der Waals surface area contributed by atoms with E-state index in [1.807, 2.05) is 0 Å². The molecule has 5 nitrogen and oxygen atoms in total. The summed E-state index contributed by atoms with van der Waals surface area (Å²) in [6, 6.07) is 7.17. The number of nitrogens with one attached hydrogen (secondary N) is 1. The lowest BCUT2D eigenvalue weighted by atomic mass is 9.72. The first-order chi connectivity index (χ1) is 12.2. The molecule has 132 valence electrons. The molecule has 5 rings (SSSR count). The summed E-state index contributed by atoms with van der Waals surface area (Å²) in [4.78, 5) is 19.7. The Balaban J connectivity index is 1.36. The van der Waals surface area contributed by atoms with Crippen molar-refractivity contribution in [3.05, 3.63) is 35.5 Å². The van der Waals surface area contributed by atoms with Crippen molar-refractivity contribution in [1.82, 2.24) is 14.8 Å². The molecule has 3 heterocycles. The zero-order valence-corrected chi connectivity index (χ0v) is 14.7. The van der Waals surface area contributed by atoms with E-state index in [1.54, 1.807) is 4.90 Å². The van der Waals surface area contributed by atoms with Crippen molar-refractivity contribution in [2.45, 2.75) is 31.2 Å². The first-order valence-electron chi connectivity index (χ1n) is 9.41. The molecule has 1 aromatic carbocycles. The van der Waals surface area contributed by atoms with Gasteiger partial charge in [-0.05, 0) is 43.5 Å². The maximum Gasteiger partial charge on any atom is 0.409 e. The van der Waals surface area contributed by atoms with Crippen molar-refractivity contribution in [2.24, 2.45) is 5.92 Å². The number of carbonyl (C=O) groups excluding carboxylic acids is 1. The van der Waals surface area contributed by atoms with Crippen LogP contribution in [0.1, 0.15) is 29.9 Å². The van der Waals surface area contributed by atoms with Crippen LogP contribution < -0.4 is 0 Å². The van der Waals surface area contributed by atoms with Crippen molar-refractivity contribution < 1.29 is 9.53 Å². The number of nitrogens with zero attached hydrogens (tertiary/aromatic N) is 2. The second kappa shape index (κ2) is 5.77. The van der Waals surface area contributed by atoms with E-state index in [-0.39, 0.29) is 6.09 Å². The fourth-order valence-corrected chi connectivity index (χ4v) is 4.95. The largest absolute Gasteiger partial charge is 0.449 e. The Hall–Kier alpha value is -2.01. The van der Waals surface area contributed by atoms with E-state index in [1.165, 1.54) is 22.0 Å². The molecule has 1 unspecified atom stereocenters. The number of H-pyrrole nitrogens is 1. The quantitative estimate of drug-likeness (QED) is 0.915. The third-order valence-corrected chi connectivity index (χ3v) is 6.37. The van der Waals surface area contributed by atoms with Crippen molar-refractivity contribution in [1.29, 1.82) is 0 Å². The van der Waals surface area contributed by atoms with Crippen molar-refractivity contribution in [2.75, 3.05) is 33.3 Å². The van der Waals surface area contributed by atoms with Gasteiger partial charge in [-0.3, -0.25) is 0 Å². The molecule has 5 heteroatoms. The molecule has 0 bridgehead atoms. The van der Waals surface area contributed by atoms with Crippen LogP contribution in [0.4, 0.5) is 4.79 Å². The van der Waals surface area contributed by atoms with E-state index in [2.05, 4.69) is 41.3 Å². The Morgan fingerprint density at radius 1 is 1.36 bits per heavy atom. The van der Waals surface area contributed by atoms with Crippen LogP contribution in [0.2, 0.25) is 0 Å². The topological polar surface area (TPSA) is 48.6 Å². The summed E-state index contributed by atoms with van der Waals surface area (Å²) < 4.78 is 5.60. The molecule has 0 spiro atoms. The van der Waals surface area contributed by atoms with E-state index < -0.39 is 0 Å². The molecule has 0 radical (unpaired) electrons. The molecule has 0 saturated carbocycles. The number of likely N-dealkylation sites (N-methyl/N-ethyl adjacent to an activating group) is 1. The predicted molar refractivity (Wildman–Crippen MR) is 96.8 cm³/mol. The number of likely N-dealkylation sites (tertiary alicyclic amines) is 2. The Kier molecular flexibility index (Phi) is 3.52. The van der Waals surface area contributed by atoms with Crippen molar-refractivity contribution in [3.63, 3.8) is 0 Å². The molecule has 3 atom stereocenters. The second-order valence-electron chi connectivity index (χ2n) is 7.92. The van der Waals surface area contributed by atoms with Gasteiger partial charge in [0.15, 0.2) is 0 Å². The second-order valence-corrected chi connectivity index (χ2v) is 7.92. The number of amides is 1. The first-order valence-corrected chi connectivity index (χ1v) is 9.41. The highest BCUT2D eigenvalue weighted by Gasteiger charge is 2.39. The summed E-state index contributed by atoms with van der Waals surface area (Å²) in [5.41, 5.74) is 4.16. The Labute approximate surface area is 147 Å². The maximum atomic E-state index is 12.0. The lowest BCUT2D eigenvalue weighted by Crippen LogP contribution is -2.49. The van der Waals surface area contributed by atoms with Gasteiger partial charge < -0.3 is 19.5 Å². The Bertz CT molecular complexity index is 810. The number of piperidine rings is 1. The summed E-state index contributed by atoms with van der Waals surface area (Å²) in [6.45, 7) is 3.25. The average molecular weight is 339 g/mol. The van der Waals surface area contributed by atoms with Crippen LogP contribution in [0.3, 0.4) is 0 Å². The summed E-state index contributed by atoms with van der Waals surface area (Å²) in [7, 11) is 2.22. The highest BCUT2D eigenvalue weighted by Crippen LogP contribution is 2.44. The van der Waals surface area contributed by atoms with Crippen LogP contribution in [-0.2, 0) is 11.2 Å². The molecule has 3 aliphatic rings. The van der Waals surface area contributed by atoms with Crippen LogP contribution in [0.25, 0.3) is 10.9 Å². The summed E-state index contributed by atoms with van der Waals surface area (Å²) >= 11 is 0. The molecule has 25 heavy (non-hydrogen) atoms. The number of carbonyl (C=O) groups is 1. The highest BCUT2D eigenvalue weighted by molar-refractivity contribution is 5.88. The Morgan fingerprint density at radius 2 is 2.24 bits per heavy atom. The number of hydrogen-bond acceptors (Lipinski definition) is 3. The van der Waals surface area contributed by atoms with Crippen molar-refractivity contribution >= 4 is 17.0 Å². The van der Waals surface area contributed by atoms with Gasteiger partial charge in [-0.1, -0.05) is 12.1 Å². The number of aromatic amines is 1. The highest BCUT2D eigenvalue weighted by atomic mass is 16.6. The van der Waals surface area contributed by atoms with Gasteiger partial charge in [0, 0.05) is 54.6 Å². The fourth-order valence-electron chi connectivity index (χ4n) is 4.95. The van der Waals surface area contributed by atoms with Gasteiger partial charge in [-0.2, -0.15) is 0 Å². The molecule has 2 fully saturated rings. The van der Waals surface area contributed by atoms with E-state index in [4.69, 9.17) is 4.74 Å². The zero-order valence-electron chi connectivity index (χ0n) is 14.7. The number of fused-ring (bicyclic) bond motifs is 2. The summed E-state index contributed by atoms with van der Waals surface area (Å²) in [6.07, 6.45) is 5.37. The average Bonchev–Trinajstić information content (AvgIpc) is 2.97. The fraction of sp³-hybridized carbons (Fsp3) is 0.550. The number of hydrogen-bond donors (Lipinski definition) is 1. The molecule has 1 amide bonds. The minimum absolute atomic E-state index is 0.130. The van der Waals surface area contributed by atoms with Crippen LogP contribution in [0.15, 0.2) is 24.4 Å². The molecule has 1 aromatic heterocycles. The standard InChI is InChI=1S/C20H25N3O2/c1-22-11-13(12-25-20(24)23-6-3-7-23)8-16-15-4-2-5-17-19(15)14(10-21-17)9-18(16)22/h2,4-5,10,13,16,18,21H,3,6-9,11-12H2,1H3/t13?,16-,18-/m0/s1. The normalized spacial score (nSPS) is 28.5. The molecular weight excluding hydrogens is 314 g/mol. The molecule has 2 aromatic rings. The smallest absolute Gasteiger partial charge is 0.409 e. The van der Waals surface area contributed by atoms with Crippen LogP contribution in [-0.4, -0.2) is 60.2 Å². The number of aromatic nitrogens is 1. The van der Waals surface area contributed by atoms with Gasteiger partial charge in [0.1, 0.15) is 0 Å². The van der Waals surface area contributed by atoms with Gasteiger partial charge in [0.2, 0.25) is 0 Å². The monoisotopic (exact) mass is 339 g/mol. The van der Waals surface area contributed by atoms with E-state index in [9.17, 15) is 4.79 Å². The summed E-state index contributed by atoms with van der Waals surface area (Å²) in [5.74, 6) is 0.936. The van der Waals surface area contributed by atoms with Gasteiger partial charge in [0.05, 0.1) is 6.61 Å². The van der Waals surface area contributed by atoms with Gasteiger partial charge >= 0.3 is 6.09 Å². The molecular formula is C20H25N3O2. The first kappa shape index (κ1) is 15.3. The predicted octanol–water partition coefficient (Wildman–Crippen LogP) is 2.97. The third-order valence-electron chi connectivity index (χ3n) is 6.37. The third kappa shape index (κ3) is 2.44. The van der Waals surface area contributed by atoms with Crippen LogP contribution >= 0.6 is 0 Å². The molecule has 2 saturated heterocycles. The number of benzene rings is 1. The van der Waals surface area contributed by atoms with Gasteiger partial charge in [-0.15, -0.1) is 0 Å². The van der Waals surface area contributed by atoms with E-state index >= 15 is 0 Å². The van der Waals surface area contributed by atoms with Crippen molar-refractivity contribution in [3.8, 4) is 0 Å². The minimum atomic E-state index is -0.130. The molecule has 1 aliphatic carbocycles. The lowest BCUT2D eigenvalue weighted by Gasteiger charge is -2.45. The molecule has 1 N–H and O–H groups in total. The number of rotatable bonds is 2. The maximum absolute atomic E-state index is 12.0. The molecule has 2 aliphatic heterocycles. The van der Waals surface area contributed by atoms with Gasteiger partial charge in [-0.25, -0.2) is 4.79 Å². The van der Waals surface area contributed by atoms with Gasteiger partial charge in [0.25, 0.3) is 0 Å². The van der Waals surface area contributed by atoms with Crippen LogP contribution in [0, 0.1) is 5.92 Å². The SMILES string of the molecule is CN1CC(COC(=O)N2CCC2)C[C@H]2c3cccc4[nH]cc(c34)C[C@@H]21. The van der Waals surface area contributed by atoms with Crippen LogP contribution in [0.5, 0.6) is 0 Å². The zero-order chi connectivity index (χ0) is 17.0. The Morgan fingerprint density at radius 3 is 3.04 bits per heavy atom. The lowest BCUT2D eigenvalue weighted by molar-refractivity contribution is 0.0380. The van der Waals surface area contributed by atoms with E-state index in [0.717, 1.165) is 38.9 Å². The van der Waals surface area contributed by atoms with E-state index in [0.29, 0.717) is 24.5 Å². The minimum Gasteiger partial charge on any atom is -0.449 e.